The molecule has 2 nitrogen and oxygen atoms in total. The molecule has 37 heavy (non-hydrogen) atoms. The van der Waals surface area contributed by atoms with Crippen LogP contribution < -0.4 is 11.1 Å². The second-order valence-corrected chi connectivity index (χ2v) is 11.0. The van der Waals surface area contributed by atoms with Crippen LogP contribution in [0, 0.1) is 13.8 Å². The molecule has 0 radical (unpaired) electrons. The molecular weight excluding hydrogens is 610 g/mol. The first kappa shape index (κ1) is 31.3. The zero-order valence-corrected chi connectivity index (χ0v) is 25.9. The summed E-state index contributed by atoms with van der Waals surface area (Å²) < 4.78 is 1.15. The highest BCUT2D eigenvalue weighted by molar-refractivity contribution is 9.10. The van der Waals surface area contributed by atoms with Crippen molar-refractivity contribution in [2.45, 2.75) is 40.5 Å². The number of nitrogens with one attached hydrogen (secondary N) is 1. The Bertz CT molecular complexity index is 1240. The standard InChI is InChI=1S/C15H15Cl2N.C8H9Br.C7H7Cl2N/c1-3-11-4-6-13(7-5-11)18-15-10(2)8-12(16)9-14(15)17;1-2-7-3-5-8(9)6-4-7;1-4-2-5(8)3-6(9)7(4)10/h4-9,18H,3H2,1-2H3;3-6H,2H2,1H3;2-3H,10H2,1H3. The third-order valence-electron chi connectivity index (χ3n) is 5.51. The van der Waals surface area contributed by atoms with Gasteiger partial charge < -0.3 is 11.1 Å². The Balaban J connectivity index is 0.000000214. The molecule has 0 bridgehead atoms. The Labute approximate surface area is 249 Å². The van der Waals surface area contributed by atoms with Crippen molar-refractivity contribution in [3.63, 3.8) is 0 Å². The molecule has 0 spiro atoms. The highest BCUT2D eigenvalue weighted by Gasteiger charge is 2.06. The summed E-state index contributed by atoms with van der Waals surface area (Å²) in [7, 11) is 0. The van der Waals surface area contributed by atoms with E-state index in [0.717, 1.165) is 39.8 Å². The van der Waals surface area contributed by atoms with Gasteiger partial charge in [0.05, 0.1) is 21.4 Å². The van der Waals surface area contributed by atoms with Crippen LogP contribution in [0.3, 0.4) is 0 Å². The summed E-state index contributed by atoms with van der Waals surface area (Å²) in [6.45, 7) is 8.15. The van der Waals surface area contributed by atoms with Crippen molar-refractivity contribution in [3.8, 4) is 0 Å². The lowest BCUT2D eigenvalue weighted by molar-refractivity contribution is 1.14. The molecular formula is C30H31BrCl4N2. The van der Waals surface area contributed by atoms with Crippen LogP contribution in [-0.4, -0.2) is 0 Å². The van der Waals surface area contributed by atoms with Gasteiger partial charge in [-0.2, -0.15) is 0 Å². The molecule has 4 rings (SSSR count). The first-order valence-corrected chi connectivity index (χ1v) is 14.1. The lowest BCUT2D eigenvalue weighted by atomic mass is 10.1. The number of nitrogen functional groups attached to an aromatic ring is 1. The van der Waals surface area contributed by atoms with Gasteiger partial charge in [0.2, 0.25) is 0 Å². The molecule has 0 aliphatic carbocycles. The van der Waals surface area contributed by atoms with Gasteiger partial charge in [0.15, 0.2) is 0 Å². The minimum atomic E-state index is 0.519. The monoisotopic (exact) mass is 638 g/mol. The fraction of sp³-hybridized carbons (Fsp3) is 0.200. The zero-order chi connectivity index (χ0) is 27.5. The van der Waals surface area contributed by atoms with E-state index in [1.807, 2.05) is 19.9 Å². The first-order chi connectivity index (χ1) is 17.5. The second-order valence-electron chi connectivity index (χ2n) is 8.35. The predicted molar refractivity (Wildman–Crippen MR) is 169 cm³/mol. The summed E-state index contributed by atoms with van der Waals surface area (Å²) in [6, 6.07) is 23.8. The number of halogens is 5. The molecule has 4 aromatic carbocycles. The fourth-order valence-electron chi connectivity index (χ4n) is 3.26. The molecule has 196 valence electrons. The maximum Gasteiger partial charge on any atom is 0.0658 e. The summed E-state index contributed by atoms with van der Waals surface area (Å²) in [5, 5.41) is 5.76. The van der Waals surface area contributed by atoms with Gasteiger partial charge in [0.1, 0.15) is 0 Å². The molecule has 0 heterocycles. The van der Waals surface area contributed by atoms with E-state index in [9.17, 15) is 0 Å². The lowest BCUT2D eigenvalue weighted by Gasteiger charge is -2.12. The first-order valence-electron chi connectivity index (χ1n) is 11.8. The maximum absolute atomic E-state index is 6.20. The Morgan fingerprint density at radius 1 is 0.676 bits per heavy atom. The molecule has 0 atom stereocenters. The highest BCUT2D eigenvalue weighted by atomic mass is 79.9. The summed E-state index contributed by atoms with van der Waals surface area (Å²) in [5.41, 5.74) is 12.8. The number of hydrogen-bond donors (Lipinski definition) is 2. The number of anilines is 3. The summed E-state index contributed by atoms with van der Waals surface area (Å²) in [6.07, 6.45) is 2.16. The molecule has 0 fully saturated rings. The van der Waals surface area contributed by atoms with Gasteiger partial charge in [-0.15, -0.1) is 0 Å². The Morgan fingerprint density at radius 2 is 1.14 bits per heavy atom. The average Bonchev–Trinajstić information content (AvgIpc) is 2.86. The van der Waals surface area contributed by atoms with Crippen LogP contribution in [0.15, 0.2) is 77.3 Å². The van der Waals surface area contributed by atoms with Crippen LogP contribution in [0.4, 0.5) is 17.1 Å². The SMILES string of the molecule is CCc1ccc(Br)cc1.CCc1ccc(Nc2c(C)cc(Cl)cc2Cl)cc1.Cc1cc(Cl)cc(Cl)c1N. The van der Waals surface area contributed by atoms with Crippen LogP contribution in [0.5, 0.6) is 0 Å². The maximum atomic E-state index is 6.20. The molecule has 0 aromatic heterocycles. The van der Waals surface area contributed by atoms with E-state index in [2.05, 4.69) is 83.6 Å². The lowest BCUT2D eigenvalue weighted by Crippen LogP contribution is -1.94. The van der Waals surface area contributed by atoms with Crippen molar-refractivity contribution in [2.24, 2.45) is 0 Å². The minimum absolute atomic E-state index is 0.519. The molecule has 0 amide bonds. The van der Waals surface area contributed by atoms with E-state index < -0.39 is 0 Å². The number of hydrogen-bond acceptors (Lipinski definition) is 2. The van der Waals surface area contributed by atoms with Crippen LogP contribution in [0.1, 0.15) is 36.1 Å². The van der Waals surface area contributed by atoms with Gasteiger partial charge >= 0.3 is 0 Å². The number of rotatable bonds is 4. The zero-order valence-electron chi connectivity index (χ0n) is 21.3. The van der Waals surface area contributed by atoms with Crippen LogP contribution in [0.25, 0.3) is 0 Å². The summed E-state index contributed by atoms with van der Waals surface area (Å²) in [4.78, 5) is 0. The predicted octanol–water partition coefficient (Wildman–Crippen LogP) is 11.5. The van der Waals surface area contributed by atoms with Gasteiger partial charge in [0, 0.05) is 20.2 Å². The van der Waals surface area contributed by atoms with Crippen molar-refractivity contribution in [1.29, 1.82) is 0 Å². The van der Waals surface area contributed by atoms with Crippen molar-refractivity contribution >= 4 is 79.4 Å². The molecule has 0 saturated carbocycles. The van der Waals surface area contributed by atoms with E-state index in [4.69, 9.17) is 52.1 Å². The van der Waals surface area contributed by atoms with Gasteiger partial charge in [-0.1, -0.05) is 100 Å². The molecule has 4 aromatic rings. The Kier molecular flexibility index (Phi) is 13.1. The van der Waals surface area contributed by atoms with E-state index in [0.29, 0.717) is 25.8 Å². The van der Waals surface area contributed by atoms with E-state index in [-0.39, 0.29) is 0 Å². The number of nitrogens with two attached hydrogens (primary N) is 1. The van der Waals surface area contributed by atoms with Crippen molar-refractivity contribution in [1.82, 2.24) is 0 Å². The molecule has 0 aliphatic rings. The number of aryl methyl sites for hydroxylation is 4. The van der Waals surface area contributed by atoms with Gasteiger partial charge in [-0.25, -0.2) is 0 Å². The highest BCUT2D eigenvalue weighted by Crippen LogP contribution is 2.32. The molecule has 3 N–H and O–H groups in total. The molecule has 7 heteroatoms. The number of benzene rings is 4. The summed E-state index contributed by atoms with van der Waals surface area (Å²) >= 11 is 26.9. The van der Waals surface area contributed by atoms with E-state index in [1.165, 1.54) is 11.1 Å². The Hall–Kier alpha value is -1.88. The third kappa shape index (κ3) is 10.4. The topological polar surface area (TPSA) is 38.0 Å². The van der Waals surface area contributed by atoms with Gasteiger partial charge in [0.25, 0.3) is 0 Å². The summed E-state index contributed by atoms with van der Waals surface area (Å²) in [5.74, 6) is 0. The largest absolute Gasteiger partial charge is 0.397 e. The van der Waals surface area contributed by atoms with Crippen LogP contribution in [-0.2, 0) is 12.8 Å². The van der Waals surface area contributed by atoms with Crippen LogP contribution in [0.2, 0.25) is 20.1 Å². The second kappa shape index (κ2) is 15.5. The van der Waals surface area contributed by atoms with Crippen molar-refractivity contribution in [3.05, 3.63) is 120 Å². The van der Waals surface area contributed by atoms with E-state index >= 15 is 0 Å². The molecule has 0 aliphatic heterocycles. The minimum Gasteiger partial charge on any atom is -0.397 e. The van der Waals surface area contributed by atoms with Crippen molar-refractivity contribution < 1.29 is 0 Å². The smallest absolute Gasteiger partial charge is 0.0658 e. The fourth-order valence-corrected chi connectivity index (χ4v) is 4.76. The molecule has 0 saturated heterocycles. The Morgan fingerprint density at radius 3 is 1.59 bits per heavy atom. The van der Waals surface area contributed by atoms with Crippen LogP contribution >= 0.6 is 62.3 Å². The third-order valence-corrected chi connectivity index (χ3v) is 7.08. The van der Waals surface area contributed by atoms with E-state index in [1.54, 1.807) is 18.2 Å². The average molecular weight is 641 g/mol. The van der Waals surface area contributed by atoms with Gasteiger partial charge in [-0.05, 0) is 97.5 Å². The quantitative estimate of drug-likeness (QED) is 0.218. The van der Waals surface area contributed by atoms with Gasteiger partial charge in [-0.3, -0.25) is 0 Å². The van der Waals surface area contributed by atoms with Crippen molar-refractivity contribution in [2.75, 3.05) is 11.1 Å². The normalized spacial score (nSPS) is 10.1. The molecule has 0 unspecified atom stereocenters.